The maximum atomic E-state index is 14.0. The van der Waals surface area contributed by atoms with Crippen LogP contribution in [-0.2, 0) is 97.5 Å². The van der Waals surface area contributed by atoms with Crippen molar-refractivity contribution >= 4 is 134 Å². The molecule has 0 bridgehead atoms. The number of ketones is 1. The number of carbonyl (C=O) groups excluding carboxylic acids is 10. The number of ether oxygens (including phenoxy) is 3. The van der Waals surface area contributed by atoms with Gasteiger partial charge in [0.15, 0.2) is 5.78 Å². The SMILES string of the molecule is COC(=O)[C@@H](Cc1ccccn1)N(Cc1ccc(C(=O)Nc2ncc(C)cn2)cc1)C(=O)c1ccc(Cl)cc1N=[N+]=[N-].COC(=O)[C@@H](Cc1ccccn1)NCc1ccc(C(=O)Nc2ncc(C(F)(F)F)cn2)cc1.COC(=O)[C@H](N)Cc1ccccn1.O=C(Nc1ncc(C(F)(F)F)cn1)c1ccc(CN2C(=O)c3ccc(Cl)cc3CC(=O)[C@H]2Cc2ccccn2)cc1.[N-]=[N+]=Nc1cc(Cl)ccc1C(=O)Cl. The number of Topliss-reactive ketones (excluding diaryl/α,β-unsaturated/α-hetero) is 1. The van der Waals surface area contributed by atoms with Gasteiger partial charge >= 0.3 is 30.3 Å². The van der Waals surface area contributed by atoms with Crippen LogP contribution < -0.4 is 27.0 Å². The Morgan fingerprint density at radius 2 is 0.908 bits per heavy atom. The Morgan fingerprint density at radius 3 is 1.35 bits per heavy atom. The average molecular weight is 2020 g/mol. The summed E-state index contributed by atoms with van der Waals surface area (Å²) in [5, 5.41) is 17.7. The number of esters is 3. The minimum atomic E-state index is -4.59. The number of alkyl halides is 6. The molecule has 0 saturated carbocycles. The second kappa shape index (κ2) is 52.4. The van der Waals surface area contributed by atoms with Crippen molar-refractivity contribution in [1.29, 1.82) is 0 Å². The van der Waals surface area contributed by atoms with Crippen molar-refractivity contribution in [1.82, 2.24) is 65.0 Å². The Morgan fingerprint density at radius 1 is 0.500 bits per heavy atom. The van der Waals surface area contributed by atoms with E-state index < -0.39 is 94.4 Å². The van der Waals surface area contributed by atoms with E-state index in [0.29, 0.717) is 93.4 Å². The Kier molecular flexibility index (Phi) is 39.7. The molecule has 0 saturated heterocycles. The number of rotatable bonds is 29. The molecule has 8 heterocycles. The van der Waals surface area contributed by atoms with Crippen molar-refractivity contribution in [3.05, 3.63) is 393 Å². The summed E-state index contributed by atoms with van der Waals surface area (Å²) in [5.41, 5.74) is 28.5. The maximum absolute atomic E-state index is 14.0. The molecule has 728 valence electrons. The first kappa shape index (κ1) is 108. The highest BCUT2D eigenvalue weighted by atomic mass is 35.5. The number of anilines is 3. The van der Waals surface area contributed by atoms with Gasteiger partial charge in [-0.15, -0.1) is 0 Å². The Labute approximate surface area is 824 Å². The lowest BCUT2D eigenvalue weighted by Gasteiger charge is -2.30. The normalized spacial score (nSPS) is 12.5. The van der Waals surface area contributed by atoms with E-state index in [9.17, 15) is 74.3 Å². The fourth-order valence-corrected chi connectivity index (χ4v) is 13.8. The number of hydrogen-bond donors (Lipinski definition) is 5. The third kappa shape index (κ3) is 32.3. The third-order valence-electron chi connectivity index (χ3n) is 20.3. The lowest BCUT2D eigenvalue weighted by atomic mass is 9.99. The molecule has 5 amide bonds. The van der Waals surface area contributed by atoms with E-state index in [-0.39, 0.29) is 101 Å². The van der Waals surface area contributed by atoms with E-state index in [1.807, 2.05) is 43.3 Å². The molecule has 0 unspecified atom stereocenters. The molecule has 0 aliphatic carbocycles. The number of pyridine rings is 4. The third-order valence-corrected chi connectivity index (χ3v) is 21.2. The molecule has 46 heteroatoms. The van der Waals surface area contributed by atoms with Gasteiger partial charge in [-0.2, -0.15) is 26.3 Å². The molecule has 4 atom stereocenters. The molecule has 0 fully saturated rings. The molecule has 36 nitrogen and oxygen atoms in total. The van der Waals surface area contributed by atoms with Crippen molar-refractivity contribution < 1.29 is 88.5 Å². The van der Waals surface area contributed by atoms with Gasteiger partial charge in [0.05, 0.1) is 49.9 Å². The van der Waals surface area contributed by atoms with E-state index >= 15 is 0 Å². The van der Waals surface area contributed by atoms with Crippen LogP contribution in [0.15, 0.2) is 272 Å². The number of carbonyl (C=O) groups is 10. The Balaban J connectivity index is 0.000000195. The highest BCUT2D eigenvalue weighted by Crippen LogP contribution is 2.34. The summed E-state index contributed by atoms with van der Waals surface area (Å²) < 4.78 is 90.3. The van der Waals surface area contributed by atoms with Gasteiger partial charge in [-0.05, 0) is 197 Å². The molecule has 7 aromatic heterocycles. The van der Waals surface area contributed by atoms with Crippen LogP contribution in [0.25, 0.3) is 20.9 Å². The summed E-state index contributed by atoms with van der Waals surface area (Å²) in [6.45, 7) is 2.20. The molecule has 0 radical (unpaired) electrons. The topological polar surface area (TPSA) is 505 Å². The molecule has 1 aliphatic heterocycles. The fraction of sp³-hybridized carbons (Fsp3) is 0.188. The smallest absolute Gasteiger partial charge is 0.419 e. The molecule has 6 N–H and O–H groups in total. The zero-order valence-electron chi connectivity index (χ0n) is 75.0. The summed E-state index contributed by atoms with van der Waals surface area (Å²) in [5.74, 6) is -4.55. The molecular formula is C96H81Cl4F6N23O13. The second-order valence-electron chi connectivity index (χ2n) is 30.2. The first-order valence-corrected chi connectivity index (χ1v) is 43.5. The van der Waals surface area contributed by atoms with E-state index in [1.165, 1.54) is 79.7 Å². The largest absolute Gasteiger partial charge is 0.468 e. The average Bonchev–Trinajstić information content (AvgIpc) is 1.68. The van der Waals surface area contributed by atoms with Gasteiger partial charge in [0.2, 0.25) is 17.8 Å². The number of nitrogens with zero attached hydrogens (tertiary/aromatic N) is 18. The zero-order valence-corrected chi connectivity index (χ0v) is 78.0. The lowest BCUT2D eigenvalue weighted by molar-refractivity contribution is -0.146. The number of aromatic nitrogens is 10. The molecule has 6 aromatic carbocycles. The van der Waals surface area contributed by atoms with Crippen LogP contribution in [0.1, 0.15) is 124 Å². The number of hydrogen-bond acceptors (Lipinski definition) is 27. The van der Waals surface area contributed by atoms with Crippen molar-refractivity contribution in [2.45, 2.75) is 95.2 Å². The molecule has 14 rings (SSSR count). The Hall–Kier alpha value is -16.5. The van der Waals surface area contributed by atoms with Crippen molar-refractivity contribution in [3.63, 3.8) is 0 Å². The van der Waals surface area contributed by atoms with E-state index in [2.05, 4.69) is 95.9 Å². The van der Waals surface area contributed by atoms with Crippen LogP contribution >= 0.6 is 46.4 Å². The van der Waals surface area contributed by atoms with Crippen molar-refractivity contribution in [3.8, 4) is 0 Å². The number of benzene rings is 6. The monoisotopic (exact) mass is 2020 g/mol. The molecular weight excluding hydrogens is 1940 g/mol. The van der Waals surface area contributed by atoms with Gasteiger partial charge in [-0.1, -0.05) is 106 Å². The summed E-state index contributed by atoms with van der Waals surface area (Å²) in [6, 6.07) is 51.0. The number of nitrogens with one attached hydrogen (secondary N) is 4. The van der Waals surface area contributed by atoms with E-state index in [1.54, 1.807) is 152 Å². The minimum absolute atomic E-state index is 0.00629. The highest BCUT2D eigenvalue weighted by molar-refractivity contribution is 6.68. The van der Waals surface area contributed by atoms with Crippen molar-refractivity contribution in [2.24, 2.45) is 16.0 Å². The second-order valence-corrected chi connectivity index (χ2v) is 31.8. The van der Waals surface area contributed by atoms with Gasteiger partial charge in [0.25, 0.3) is 34.8 Å². The molecule has 1 aliphatic rings. The van der Waals surface area contributed by atoms with E-state index in [4.69, 9.17) is 72.7 Å². The summed E-state index contributed by atoms with van der Waals surface area (Å²) >= 11 is 23.1. The lowest BCUT2D eigenvalue weighted by Crippen LogP contribution is -2.46. The van der Waals surface area contributed by atoms with Gasteiger partial charge in [0, 0.05) is 195 Å². The van der Waals surface area contributed by atoms with Gasteiger partial charge < -0.3 is 29.7 Å². The number of amides is 5. The summed E-state index contributed by atoms with van der Waals surface area (Å²) in [6.07, 6.45) is 3.98. The number of halogens is 10. The first-order chi connectivity index (χ1) is 68.0. The maximum Gasteiger partial charge on any atom is 0.419 e. The van der Waals surface area contributed by atoms with Gasteiger partial charge in [-0.3, -0.25) is 84.4 Å². The summed E-state index contributed by atoms with van der Waals surface area (Å²) in [7, 11) is 3.86. The molecule has 13 aromatic rings. The predicted molar refractivity (Wildman–Crippen MR) is 509 cm³/mol. The predicted octanol–water partition coefficient (Wildman–Crippen LogP) is 17.4. The van der Waals surface area contributed by atoms with Crippen LogP contribution in [0.2, 0.25) is 15.1 Å². The van der Waals surface area contributed by atoms with Crippen LogP contribution in [0.5, 0.6) is 0 Å². The number of nitrogens with two attached hydrogens (primary N) is 1. The fourth-order valence-electron chi connectivity index (χ4n) is 13.2. The minimum Gasteiger partial charge on any atom is -0.468 e. The Bertz CT molecular complexity index is 6690. The van der Waals surface area contributed by atoms with Gasteiger partial charge in [0.1, 0.15) is 18.1 Å². The number of methoxy groups -OCH3 is 3. The molecule has 142 heavy (non-hydrogen) atoms. The standard InChI is InChI=1S/C29H21ClF3N5O3.C29H25ClN8O4.C22H20F3N5O3.C9H12N2O2.C7H3Cl2N3O/c30-21-8-9-23-19(11-21)12-25(39)24(13-22-3-1-2-10-34-22)38(27(23)41)16-17-4-6-18(7-5-17)26(40)37-28-35-14-20(15-36-28)29(31,32)33;1-18-15-33-29(34-16-18)35-26(39)20-8-6-19(7-9-20)17-38(25(28(41)42-2)14-22-5-3-4-12-32-22)27(40)23-11-10-21(30)13-24(23)36-37-31;1-33-20(32)18(10-17-4-2-3-9-26-17)27-11-14-5-7-15(8-6-14)19(31)30-21-28-12-16(13-29-21)22(23,24)25;1-13-9(12)8(10)6-7-4-2-3-5-11-7;8-4-1-2-5(7(9)13)6(3-4)11-12-10/h1-11,14-15,24H,12-13,16H2,(H,35,36,37,40);3-13,15-16,25H,14,17H2,1-2H3,(H,33,34,35,39);2-9,12-13,18,27H,10-11H2,1H3,(H,28,29,30,31);2-5,8H,6,10H2,1H3;1-3H/t24-;25-;18-;8-;/m1111./s1. The highest BCUT2D eigenvalue weighted by Gasteiger charge is 2.38. The number of fused-ring (bicyclic) bond motifs is 1. The zero-order chi connectivity index (χ0) is 103. The number of aryl methyl sites for hydroxylation is 1. The molecule has 0 spiro atoms. The number of azide groups is 2. The van der Waals surface area contributed by atoms with Crippen LogP contribution in [0.4, 0.5) is 55.6 Å². The van der Waals surface area contributed by atoms with Crippen LogP contribution in [-0.4, -0.2) is 164 Å². The van der Waals surface area contributed by atoms with Gasteiger partial charge in [-0.25, -0.2) is 34.7 Å². The van der Waals surface area contributed by atoms with Crippen LogP contribution in [0, 0.1) is 6.92 Å². The van der Waals surface area contributed by atoms with Crippen LogP contribution in [0.3, 0.4) is 0 Å². The quantitative estimate of drug-likeness (QED) is 0.00553. The van der Waals surface area contributed by atoms with E-state index in [0.717, 1.165) is 22.5 Å². The first-order valence-electron chi connectivity index (χ1n) is 41.9. The van der Waals surface area contributed by atoms with Crippen molar-refractivity contribution in [2.75, 3.05) is 37.3 Å². The summed E-state index contributed by atoms with van der Waals surface area (Å²) in [4.78, 5) is 173.